The van der Waals surface area contributed by atoms with Crippen molar-refractivity contribution < 1.29 is 14.3 Å². The van der Waals surface area contributed by atoms with Gasteiger partial charge in [-0.2, -0.15) is 0 Å². The molecule has 1 saturated carbocycles. The van der Waals surface area contributed by atoms with Crippen molar-refractivity contribution in [3.8, 4) is 11.6 Å². The molecule has 0 spiro atoms. The number of nitrogens with zero attached hydrogens (tertiary/aromatic N) is 3. The standard InChI is InChI=1S/C27H25N5O3S/c1-15-7-6-10-18(15)30-25(33)24-23-22-20(13-14-28-26(22)36-24)32(27(34)31-23)19-11-12-21(29-16(19)2)35-17-8-4-3-5-9-17/h3-5,8-9,11-15,18H,6-7,10H2,1-2H3,(H,30,33)(H,31,34)/t15-,18+/m0/s1. The summed E-state index contributed by atoms with van der Waals surface area (Å²) in [6.45, 7) is 4.00. The summed E-state index contributed by atoms with van der Waals surface area (Å²) >= 11 is 1.30. The highest BCUT2D eigenvalue weighted by atomic mass is 32.1. The number of carbonyl (C=O) groups is 2. The number of anilines is 3. The molecule has 1 aliphatic carbocycles. The van der Waals surface area contributed by atoms with Crippen LogP contribution >= 0.6 is 11.3 Å². The van der Waals surface area contributed by atoms with E-state index in [0.717, 1.165) is 24.6 Å². The predicted molar refractivity (Wildman–Crippen MR) is 141 cm³/mol. The molecule has 6 rings (SSSR count). The van der Waals surface area contributed by atoms with E-state index in [1.54, 1.807) is 23.2 Å². The molecular formula is C27H25N5O3S. The first-order chi connectivity index (χ1) is 17.5. The lowest BCUT2D eigenvalue weighted by Gasteiger charge is -2.29. The van der Waals surface area contributed by atoms with Crippen LogP contribution in [0.3, 0.4) is 0 Å². The van der Waals surface area contributed by atoms with E-state index < -0.39 is 0 Å². The molecule has 2 aliphatic rings. The van der Waals surface area contributed by atoms with Gasteiger partial charge < -0.3 is 15.4 Å². The second-order valence-electron chi connectivity index (χ2n) is 9.24. The molecule has 2 N–H and O–H groups in total. The van der Waals surface area contributed by atoms with Crippen molar-refractivity contribution in [2.24, 2.45) is 5.92 Å². The number of amides is 3. The third-order valence-electron chi connectivity index (χ3n) is 6.87. The molecule has 0 saturated heterocycles. The number of urea groups is 1. The fourth-order valence-electron chi connectivity index (χ4n) is 5.01. The van der Waals surface area contributed by atoms with Crippen LogP contribution in [0.4, 0.5) is 21.9 Å². The van der Waals surface area contributed by atoms with Crippen molar-refractivity contribution in [2.75, 3.05) is 10.2 Å². The van der Waals surface area contributed by atoms with Crippen molar-refractivity contribution in [3.05, 3.63) is 65.3 Å². The van der Waals surface area contributed by atoms with Gasteiger partial charge in [0.2, 0.25) is 5.88 Å². The summed E-state index contributed by atoms with van der Waals surface area (Å²) in [5.41, 5.74) is 2.46. The number of hydrogen-bond donors (Lipinski definition) is 2. The van der Waals surface area contributed by atoms with E-state index in [0.29, 0.717) is 50.0 Å². The molecule has 4 heterocycles. The van der Waals surface area contributed by atoms with Crippen LogP contribution in [-0.2, 0) is 0 Å². The van der Waals surface area contributed by atoms with Gasteiger partial charge >= 0.3 is 6.03 Å². The number of para-hydroxylation sites is 1. The van der Waals surface area contributed by atoms with Crippen molar-refractivity contribution >= 4 is 50.6 Å². The number of thiophene rings is 1. The van der Waals surface area contributed by atoms with Crippen LogP contribution in [0.2, 0.25) is 0 Å². The second-order valence-corrected chi connectivity index (χ2v) is 10.2. The van der Waals surface area contributed by atoms with E-state index in [1.165, 1.54) is 11.3 Å². The Balaban J connectivity index is 1.35. The highest BCUT2D eigenvalue weighted by molar-refractivity contribution is 7.21. The van der Waals surface area contributed by atoms with Crippen LogP contribution in [-0.4, -0.2) is 27.9 Å². The number of aryl methyl sites for hydroxylation is 1. The van der Waals surface area contributed by atoms with Crippen molar-refractivity contribution in [3.63, 3.8) is 0 Å². The molecule has 182 valence electrons. The molecule has 4 aromatic rings. The summed E-state index contributed by atoms with van der Waals surface area (Å²) in [6.07, 6.45) is 4.88. The highest BCUT2D eigenvalue weighted by Gasteiger charge is 2.34. The Morgan fingerprint density at radius 2 is 1.97 bits per heavy atom. The van der Waals surface area contributed by atoms with E-state index in [-0.39, 0.29) is 18.0 Å². The lowest BCUT2D eigenvalue weighted by Crippen LogP contribution is -2.38. The van der Waals surface area contributed by atoms with Crippen LogP contribution in [0.15, 0.2) is 54.7 Å². The van der Waals surface area contributed by atoms with Gasteiger partial charge in [-0.1, -0.05) is 31.5 Å². The third-order valence-corrected chi connectivity index (χ3v) is 7.97. The second kappa shape index (κ2) is 8.91. The molecule has 8 nitrogen and oxygen atoms in total. The zero-order valence-electron chi connectivity index (χ0n) is 19.9. The molecule has 1 aromatic carbocycles. The van der Waals surface area contributed by atoms with Crippen LogP contribution in [0.5, 0.6) is 11.6 Å². The van der Waals surface area contributed by atoms with Gasteiger partial charge in [-0.25, -0.2) is 14.8 Å². The third kappa shape index (κ3) is 3.85. The number of nitrogens with one attached hydrogen (secondary N) is 2. The quantitative estimate of drug-likeness (QED) is 0.331. The molecule has 3 amide bonds. The maximum absolute atomic E-state index is 13.4. The number of hydrogen-bond acceptors (Lipinski definition) is 6. The summed E-state index contributed by atoms with van der Waals surface area (Å²) in [4.78, 5) is 38.5. The van der Waals surface area contributed by atoms with Gasteiger partial charge in [0.1, 0.15) is 15.5 Å². The molecule has 2 atom stereocenters. The minimum absolute atomic E-state index is 0.156. The van der Waals surface area contributed by atoms with Crippen molar-refractivity contribution in [2.45, 2.75) is 39.2 Å². The van der Waals surface area contributed by atoms with E-state index in [4.69, 9.17) is 4.74 Å². The monoisotopic (exact) mass is 499 g/mol. The molecule has 1 aliphatic heterocycles. The van der Waals surface area contributed by atoms with Crippen molar-refractivity contribution in [1.29, 1.82) is 0 Å². The summed E-state index contributed by atoms with van der Waals surface area (Å²) < 4.78 is 5.85. The molecule has 0 bridgehead atoms. The summed E-state index contributed by atoms with van der Waals surface area (Å²) in [5.74, 6) is 1.41. The fraction of sp³-hybridized carbons (Fsp3) is 0.259. The fourth-order valence-corrected chi connectivity index (χ4v) is 6.03. The number of ether oxygens (including phenoxy) is 1. The minimum Gasteiger partial charge on any atom is -0.439 e. The van der Waals surface area contributed by atoms with E-state index in [9.17, 15) is 9.59 Å². The van der Waals surface area contributed by atoms with E-state index in [1.807, 2.05) is 43.3 Å². The number of pyridine rings is 2. The van der Waals surface area contributed by atoms with Gasteiger partial charge in [0.15, 0.2) is 0 Å². The maximum Gasteiger partial charge on any atom is 0.331 e. The first kappa shape index (κ1) is 22.5. The van der Waals surface area contributed by atoms with Gasteiger partial charge in [-0.3, -0.25) is 9.69 Å². The number of carbonyl (C=O) groups excluding carboxylic acids is 2. The van der Waals surface area contributed by atoms with Crippen LogP contribution in [0, 0.1) is 12.8 Å². The van der Waals surface area contributed by atoms with E-state index >= 15 is 0 Å². The number of aromatic nitrogens is 2. The molecule has 0 radical (unpaired) electrons. The Morgan fingerprint density at radius 3 is 2.72 bits per heavy atom. The average molecular weight is 500 g/mol. The van der Waals surface area contributed by atoms with Crippen molar-refractivity contribution in [1.82, 2.24) is 15.3 Å². The lowest BCUT2D eigenvalue weighted by atomic mass is 10.1. The SMILES string of the molecule is Cc1nc(Oc2ccccc2)ccc1N1C(=O)Nc2c(C(=O)N[C@@H]3CCC[C@@H]3C)sc3nccc1c23. The Labute approximate surface area is 212 Å². The van der Waals surface area contributed by atoms with Gasteiger partial charge in [-0.15, -0.1) is 11.3 Å². The summed E-state index contributed by atoms with van der Waals surface area (Å²) in [6, 6.07) is 14.6. The Bertz CT molecular complexity index is 1490. The molecule has 0 unspecified atom stereocenters. The molecule has 36 heavy (non-hydrogen) atoms. The van der Waals surface area contributed by atoms with E-state index in [2.05, 4.69) is 27.5 Å². The predicted octanol–water partition coefficient (Wildman–Crippen LogP) is 6.39. The van der Waals surface area contributed by atoms with Crippen LogP contribution in [0.1, 0.15) is 41.6 Å². The molecule has 3 aromatic heterocycles. The average Bonchev–Trinajstić information content (AvgIpc) is 3.45. The first-order valence-corrected chi connectivity index (χ1v) is 12.9. The molecular weight excluding hydrogens is 474 g/mol. The zero-order valence-corrected chi connectivity index (χ0v) is 20.8. The maximum atomic E-state index is 13.4. The normalized spacial score (nSPS) is 18.8. The van der Waals surface area contributed by atoms with Gasteiger partial charge in [0.25, 0.3) is 5.91 Å². The molecule has 1 fully saturated rings. The summed E-state index contributed by atoms with van der Waals surface area (Å²) in [7, 11) is 0. The lowest BCUT2D eigenvalue weighted by molar-refractivity contribution is 0.0934. The topological polar surface area (TPSA) is 96.5 Å². The van der Waals surface area contributed by atoms with Gasteiger partial charge in [0, 0.05) is 18.3 Å². The first-order valence-electron chi connectivity index (χ1n) is 12.0. The van der Waals surface area contributed by atoms with Gasteiger partial charge in [0.05, 0.1) is 28.1 Å². The number of benzene rings is 1. The van der Waals surface area contributed by atoms with Crippen LogP contribution < -0.4 is 20.3 Å². The Hall–Kier alpha value is -3.98. The van der Waals surface area contributed by atoms with Gasteiger partial charge in [-0.05, 0) is 49.9 Å². The Kier molecular flexibility index (Phi) is 5.56. The molecule has 9 heteroatoms. The zero-order chi connectivity index (χ0) is 24.8. The minimum atomic E-state index is -0.349. The smallest absolute Gasteiger partial charge is 0.331 e. The highest BCUT2D eigenvalue weighted by Crippen LogP contribution is 2.46. The number of rotatable bonds is 5. The largest absolute Gasteiger partial charge is 0.439 e. The Morgan fingerprint density at radius 1 is 1.14 bits per heavy atom. The summed E-state index contributed by atoms with van der Waals surface area (Å²) in [5, 5.41) is 6.89. The van der Waals surface area contributed by atoms with Crippen LogP contribution in [0.25, 0.3) is 10.2 Å².